The molecule has 3 rings (SSSR count). The van der Waals surface area contributed by atoms with Crippen LogP contribution in [0.3, 0.4) is 0 Å². The highest BCUT2D eigenvalue weighted by Gasteiger charge is 2.04. The first-order valence-electron chi connectivity index (χ1n) is 5.61. The standard InChI is InChI=1S/C14H13N3/c1-10-3-4-14(16-8-10)17-6-5-12-7-11(2)15-9-13(12)17/h3-9H,1-2H3. The summed E-state index contributed by atoms with van der Waals surface area (Å²) in [6, 6.07) is 8.26. The van der Waals surface area contributed by atoms with Gasteiger partial charge in [0.2, 0.25) is 0 Å². The Kier molecular flexibility index (Phi) is 2.18. The number of hydrogen-bond acceptors (Lipinski definition) is 2. The van der Waals surface area contributed by atoms with E-state index in [0.717, 1.165) is 17.0 Å². The molecule has 0 bridgehead atoms. The SMILES string of the molecule is Cc1ccc(-n2ccc3cc(C)ncc32)nc1. The van der Waals surface area contributed by atoms with E-state index >= 15 is 0 Å². The van der Waals surface area contributed by atoms with Crippen LogP contribution in [0, 0.1) is 13.8 Å². The van der Waals surface area contributed by atoms with E-state index in [1.165, 1.54) is 10.9 Å². The maximum atomic E-state index is 4.43. The van der Waals surface area contributed by atoms with Gasteiger partial charge in [-0.2, -0.15) is 0 Å². The number of pyridine rings is 2. The molecule has 0 amide bonds. The predicted molar refractivity (Wildman–Crippen MR) is 68.3 cm³/mol. The maximum Gasteiger partial charge on any atom is 0.137 e. The van der Waals surface area contributed by atoms with E-state index in [-0.39, 0.29) is 0 Å². The molecule has 0 saturated heterocycles. The normalized spacial score (nSPS) is 10.9. The van der Waals surface area contributed by atoms with Crippen molar-refractivity contribution in [1.29, 1.82) is 0 Å². The number of hydrogen-bond donors (Lipinski definition) is 0. The zero-order valence-electron chi connectivity index (χ0n) is 9.88. The van der Waals surface area contributed by atoms with Crippen molar-refractivity contribution < 1.29 is 0 Å². The topological polar surface area (TPSA) is 30.7 Å². The molecule has 3 nitrogen and oxygen atoms in total. The van der Waals surface area contributed by atoms with Crippen LogP contribution in [-0.4, -0.2) is 14.5 Å². The van der Waals surface area contributed by atoms with E-state index < -0.39 is 0 Å². The summed E-state index contributed by atoms with van der Waals surface area (Å²) < 4.78 is 2.06. The third-order valence-corrected chi connectivity index (χ3v) is 2.86. The van der Waals surface area contributed by atoms with Crippen LogP contribution in [0.5, 0.6) is 0 Å². The Morgan fingerprint density at radius 3 is 2.65 bits per heavy atom. The quantitative estimate of drug-likeness (QED) is 0.634. The van der Waals surface area contributed by atoms with Gasteiger partial charge < -0.3 is 0 Å². The van der Waals surface area contributed by atoms with Crippen molar-refractivity contribution >= 4 is 10.9 Å². The Morgan fingerprint density at radius 1 is 1.00 bits per heavy atom. The van der Waals surface area contributed by atoms with Crippen LogP contribution in [0.15, 0.2) is 42.9 Å². The van der Waals surface area contributed by atoms with Crippen molar-refractivity contribution in [3.8, 4) is 5.82 Å². The minimum atomic E-state index is 0.927. The molecular weight excluding hydrogens is 210 g/mol. The lowest BCUT2D eigenvalue weighted by atomic mass is 10.3. The molecule has 0 aromatic carbocycles. The second kappa shape index (κ2) is 3.70. The molecule has 3 aromatic rings. The number of aryl methyl sites for hydroxylation is 2. The summed E-state index contributed by atoms with van der Waals surface area (Å²) in [7, 11) is 0. The highest BCUT2D eigenvalue weighted by Crippen LogP contribution is 2.19. The van der Waals surface area contributed by atoms with Crippen molar-refractivity contribution in [2.75, 3.05) is 0 Å². The minimum absolute atomic E-state index is 0.927. The summed E-state index contributed by atoms with van der Waals surface area (Å²) in [6.07, 6.45) is 5.80. The van der Waals surface area contributed by atoms with Gasteiger partial charge in [-0.3, -0.25) is 9.55 Å². The Balaban J connectivity index is 2.21. The van der Waals surface area contributed by atoms with Crippen LogP contribution in [0.4, 0.5) is 0 Å². The van der Waals surface area contributed by atoms with Crippen molar-refractivity contribution in [2.45, 2.75) is 13.8 Å². The molecule has 3 heteroatoms. The molecule has 0 N–H and O–H groups in total. The molecule has 0 fully saturated rings. The fourth-order valence-corrected chi connectivity index (χ4v) is 1.95. The monoisotopic (exact) mass is 223 g/mol. The number of rotatable bonds is 1. The highest BCUT2D eigenvalue weighted by atomic mass is 15.1. The maximum absolute atomic E-state index is 4.43. The fourth-order valence-electron chi connectivity index (χ4n) is 1.95. The first-order valence-corrected chi connectivity index (χ1v) is 5.61. The third-order valence-electron chi connectivity index (χ3n) is 2.86. The Bertz CT molecular complexity index is 666. The summed E-state index contributed by atoms with van der Waals surface area (Å²) in [5, 5.41) is 1.19. The lowest BCUT2D eigenvalue weighted by molar-refractivity contribution is 1.03. The highest BCUT2D eigenvalue weighted by molar-refractivity contribution is 5.81. The summed E-state index contributed by atoms with van der Waals surface area (Å²) in [6.45, 7) is 4.04. The van der Waals surface area contributed by atoms with Gasteiger partial charge in [0.25, 0.3) is 0 Å². The molecule has 0 saturated carbocycles. The van der Waals surface area contributed by atoms with Gasteiger partial charge >= 0.3 is 0 Å². The molecule has 17 heavy (non-hydrogen) atoms. The van der Waals surface area contributed by atoms with Crippen LogP contribution in [0.1, 0.15) is 11.3 Å². The van der Waals surface area contributed by atoms with E-state index in [9.17, 15) is 0 Å². The van der Waals surface area contributed by atoms with Gasteiger partial charge in [-0.05, 0) is 37.6 Å². The molecule has 0 atom stereocenters. The van der Waals surface area contributed by atoms with Crippen molar-refractivity contribution in [3.63, 3.8) is 0 Å². The fraction of sp³-hybridized carbons (Fsp3) is 0.143. The molecule has 0 radical (unpaired) electrons. The van der Waals surface area contributed by atoms with Crippen LogP contribution in [0.2, 0.25) is 0 Å². The van der Waals surface area contributed by atoms with Crippen LogP contribution in [0.25, 0.3) is 16.7 Å². The molecule has 0 aliphatic rings. The Hall–Kier alpha value is -2.16. The van der Waals surface area contributed by atoms with E-state index in [4.69, 9.17) is 0 Å². The van der Waals surface area contributed by atoms with Crippen LogP contribution >= 0.6 is 0 Å². The first kappa shape index (κ1) is 10.0. The molecule has 3 heterocycles. The number of aromatic nitrogens is 3. The van der Waals surface area contributed by atoms with Gasteiger partial charge in [-0.1, -0.05) is 6.07 Å². The smallest absolute Gasteiger partial charge is 0.137 e. The average Bonchev–Trinajstić information content (AvgIpc) is 2.73. The molecule has 3 aromatic heterocycles. The van der Waals surface area contributed by atoms with Crippen molar-refractivity contribution in [2.24, 2.45) is 0 Å². The largest absolute Gasteiger partial charge is 0.300 e. The molecule has 0 aliphatic carbocycles. The van der Waals surface area contributed by atoms with Gasteiger partial charge in [0.1, 0.15) is 5.82 Å². The van der Waals surface area contributed by atoms with Crippen molar-refractivity contribution in [3.05, 3.63) is 54.1 Å². The number of fused-ring (bicyclic) bond motifs is 1. The second-order valence-electron chi connectivity index (χ2n) is 4.26. The van der Waals surface area contributed by atoms with Gasteiger partial charge in [0, 0.05) is 23.5 Å². The first-order chi connectivity index (χ1) is 8.24. The number of nitrogens with zero attached hydrogens (tertiary/aromatic N) is 3. The molecule has 0 aliphatic heterocycles. The van der Waals surface area contributed by atoms with Crippen LogP contribution < -0.4 is 0 Å². The molecule has 0 unspecified atom stereocenters. The average molecular weight is 223 g/mol. The lowest BCUT2D eigenvalue weighted by Gasteiger charge is -2.04. The predicted octanol–water partition coefficient (Wildman–Crippen LogP) is 3.04. The van der Waals surface area contributed by atoms with Gasteiger partial charge in [-0.15, -0.1) is 0 Å². The second-order valence-corrected chi connectivity index (χ2v) is 4.26. The van der Waals surface area contributed by atoms with E-state index in [1.807, 2.05) is 38.5 Å². The zero-order chi connectivity index (χ0) is 11.8. The summed E-state index contributed by atoms with van der Waals surface area (Å²) in [4.78, 5) is 8.76. The Morgan fingerprint density at radius 2 is 1.88 bits per heavy atom. The van der Waals surface area contributed by atoms with Gasteiger partial charge in [-0.25, -0.2) is 4.98 Å². The molecular formula is C14H13N3. The third kappa shape index (κ3) is 1.69. The van der Waals surface area contributed by atoms with E-state index in [0.29, 0.717) is 0 Å². The van der Waals surface area contributed by atoms with E-state index in [1.54, 1.807) is 0 Å². The van der Waals surface area contributed by atoms with Gasteiger partial charge in [0.05, 0.1) is 11.7 Å². The van der Waals surface area contributed by atoms with Gasteiger partial charge in [0.15, 0.2) is 0 Å². The zero-order valence-corrected chi connectivity index (χ0v) is 9.88. The molecule has 0 spiro atoms. The minimum Gasteiger partial charge on any atom is -0.300 e. The summed E-state index contributed by atoms with van der Waals surface area (Å²) in [5.41, 5.74) is 3.29. The summed E-state index contributed by atoms with van der Waals surface area (Å²) >= 11 is 0. The Labute approximate surface area is 99.8 Å². The summed E-state index contributed by atoms with van der Waals surface area (Å²) in [5.74, 6) is 0.927. The van der Waals surface area contributed by atoms with Crippen molar-refractivity contribution in [1.82, 2.24) is 14.5 Å². The lowest BCUT2D eigenvalue weighted by Crippen LogP contribution is -1.95. The molecule has 84 valence electrons. The van der Waals surface area contributed by atoms with Crippen LogP contribution in [-0.2, 0) is 0 Å². The van der Waals surface area contributed by atoms with E-state index in [2.05, 4.69) is 32.7 Å².